The van der Waals surface area contributed by atoms with Crippen molar-refractivity contribution in [3.05, 3.63) is 54.6 Å². The van der Waals surface area contributed by atoms with E-state index in [2.05, 4.69) is 0 Å². The van der Waals surface area contributed by atoms with Gasteiger partial charge in [-0.15, -0.1) is 0 Å². The molecule has 0 aliphatic carbocycles. The zero-order chi connectivity index (χ0) is 15.6. The molecule has 4 nitrogen and oxygen atoms in total. The molecule has 3 rings (SSSR count). The maximum atomic E-state index is 12.6. The highest BCUT2D eigenvalue weighted by atomic mass is 32.3. The van der Waals surface area contributed by atoms with Crippen LogP contribution in [0, 0.1) is 0 Å². The summed E-state index contributed by atoms with van der Waals surface area (Å²) >= 11 is 0. The predicted molar refractivity (Wildman–Crippen MR) is 87.6 cm³/mol. The van der Waals surface area contributed by atoms with E-state index in [0.29, 0.717) is 0 Å². The molecule has 0 radical (unpaired) electrons. The number of hydrogen-bond acceptors (Lipinski definition) is 4. The van der Waals surface area contributed by atoms with Crippen LogP contribution in [0.25, 0.3) is 0 Å². The number of benzene rings is 2. The Balaban J connectivity index is 1.97. The maximum absolute atomic E-state index is 12.6. The molecule has 1 heterocycles. The molecular weight excluding hydrogens is 320 g/mol. The highest BCUT2D eigenvalue weighted by Gasteiger charge is 2.37. The molecule has 1 aliphatic heterocycles. The van der Waals surface area contributed by atoms with Gasteiger partial charge < -0.3 is 5.11 Å². The molecule has 6 heteroatoms. The molecule has 0 amide bonds. The largest absolute Gasteiger partial charge is 0.508 e. The first-order chi connectivity index (χ1) is 10.5. The SMILES string of the molecule is O=S(=O)(OS1(c2ccc(O)cc2)CCCC1)c1ccccc1. The zero-order valence-electron chi connectivity index (χ0n) is 12.0. The summed E-state index contributed by atoms with van der Waals surface area (Å²) in [7, 11) is -5.65. The Morgan fingerprint density at radius 1 is 0.909 bits per heavy atom. The standard InChI is InChI=1S/C16H18O4S2/c17-14-8-10-15(11-9-14)21(12-4-5-13-21)20-22(18,19)16-6-2-1-3-7-16/h1-3,6-11,17H,4-5,12-13H2. The molecule has 1 saturated heterocycles. The van der Waals surface area contributed by atoms with Crippen LogP contribution in [-0.2, 0) is 13.7 Å². The number of rotatable bonds is 4. The Morgan fingerprint density at radius 3 is 2.09 bits per heavy atom. The fourth-order valence-electron chi connectivity index (χ4n) is 2.61. The molecule has 1 N–H and O–H groups in total. The van der Waals surface area contributed by atoms with Crippen LogP contribution >= 0.6 is 10.3 Å². The minimum atomic E-state index is -3.79. The summed E-state index contributed by atoms with van der Waals surface area (Å²) < 4.78 is 30.9. The fraction of sp³-hybridized carbons (Fsp3) is 0.250. The zero-order valence-corrected chi connectivity index (χ0v) is 13.6. The number of hydrogen-bond donors (Lipinski definition) is 1. The lowest BCUT2D eigenvalue weighted by molar-refractivity contribution is 0.475. The van der Waals surface area contributed by atoms with Gasteiger partial charge in [-0.25, -0.2) is 3.63 Å². The summed E-state index contributed by atoms with van der Waals surface area (Å²) in [6.45, 7) is 0. The fourth-order valence-corrected chi connectivity index (χ4v) is 8.29. The van der Waals surface area contributed by atoms with Crippen LogP contribution in [0.3, 0.4) is 0 Å². The Bertz CT molecular complexity index is 733. The third-order valence-electron chi connectivity index (χ3n) is 3.72. The van der Waals surface area contributed by atoms with Crippen LogP contribution in [0.4, 0.5) is 0 Å². The van der Waals surface area contributed by atoms with Crippen molar-refractivity contribution >= 4 is 20.4 Å². The van der Waals surface area contributed by atoms with Gasteiger partial charge >= 0.3 is 10.1 Å². The topological polar surface area (TPSA) is 63.6 Å². The quantitative estimate of drug-likeness (QED) is 0.924. The molecule has 0 spiro atoms. The normalized spacial score (nSPS) is 18.9. The number of aromatic hydroxyl groups is 1. The molecule has 2 aromatic carbocycles. The summed E-state index contributed by atoms with van der Waals surface area (Å²) in [5, 5.41) is 9.44. The minimum absolute atomic E-state index is 0.169. The van der Waals surface area contributed by atoms with Gasteiger partial charge in [0.2, 0.25) is 0 Å². The van der Waals surface area contributed by atoms with Crippen molar-refractivity contribution < 1.29 is 17.2 Å². The van der Waals surface area contributed by atoms with Crippen molar-refractivity contribution in [3.8, 4) is 5.75 Å². The second kappa shape index (κ2) is 5.95. The minimum Gasteiger partial charge on any atom is -0.508 e. The van der Waals surface area contributed by atoms with E-state index < -0.39 is 20.4 Å². The Labute approximate surface area is 132 Å². The Morgan fingerprint density at radius 2 is 1.50 bits per heavy atom. The van der Waals surface area contributed by atoms with E-state index in [1.165, 1.54) is 0 Å². The van der Waals surface area contributed by atoms with Crippen molar-refractivity contribution in [2.24, 2.45) is 0 Å². The Kier molecular flexibility index (Phi) is 4.16. The first kappa shape index (κ1) is 15.4. The van der Waals surface area contributed by atoms with Crippen LogP contribution in [0.1, 0.15) is 12.8 Å². The smallest absolute Gasteiger partial charge is 0.306 e. The number of phenolic OH excluding ortho intramolecular Hbond substituents is 1. The summed E-state index contributed by atoms with van der Waals surface area (Å²) in [6, 6.07) is 15.0. The molecule has 1 aliphatic rings. The van der Waals surface area contributed by atoms with Crippen LogP contribution in [0.2, 0.25) is 0 Å². The van der Waals surface area contributed by atoms with Crippen LogP contribution < -0.4 is 0 Å². The summed E-state index contributed by atoms with van der Waals surface area (Å²) in [4.78, 5) is 1.06. The molecular formula is C16H18O4S2. The van der Waals surface area contributed by atoms with E-state index in [0.717, 1.165) is 29.2 Å². The second-order valence-electron chi connectivity index (χ2n) is 5.26. The first-order valence-electron chi connectivity index (χ1n) is 7.11. The van der Waals surface area contributed by atoms with E-state index in [-0.39, 0.29) is 10.6 Å². The monoisotopic (exact) mass is 338 g/mol. The van der Waals surface area contributed by atoms with Crippen LogP contribution in [0.15, 0.2) is 64.4 Å². The van der Waals surface area contributed by atoms with Crippen molar-refractivity contribution in [1.29, 1.82) is 0 Å². The van der Waals surface area contributed by atoms with Gasteiger partial charge in [0, 0.05) is 16.4 Å². The summed E-state index contributed by atoms with van der Waals surface area (Å²) in [5.41, 5.74) is 0. The van der Waals surface area contributed by atoms with Crippen molar-refractivity contribution in [2.75, 3.05) is 11.5 Å². The molecule has 0 atom stereocenters. The van der Waals surface area contributed by atoms with Crippen molar-refractivity contribution in [2.45, 2.75) is 22.6 Å². The van der Waals surface area contributed by atoms with E-state index in [9.17, 15) is 13.5 Å². The van der Waals surface area contributed by atoms with Gasteiger partial charge in [0.25, 0.3) is 0 Å². The number of phenols is 1. The van der Waals surface area contributed by atoms with Gasteiger partial charge in [0.05, 0.1) is 4.90 Å². The lowest BCUT2D eigenvalue weighted by atomic mass is 10.3. The van der Waals surface area contributed by atoms with Crippen molar-refractivity contribution in [1.82, 2.24) is 0 Å². The Hall–Kier alpha value is -1.50. The lowest BCUT2D eigenvalue weighted by Crippen LogP contribution is -2.14. The van der Waals surface area contributed by atoms with Gasteiger partial charge in [-0.2, -0.15) is 8.42 Å². The lowest BCUT2D eigenvalue weighted by Gasteiger charge is -2.34. The average Bonchev–Trinajstić information content (AvgIpc) is 2.98. The maximum Gasteiger partial charge on any atom is 0.306 e. The average molecular weight is 338 g/mol. The molecule has 2 aromatic rings. The molecule has 0 aromatic heterocycles. The van der Waals surface area contributed by atoms with Crippen LogP contribution in [-0.4, -0.2) is 25.0 Å². The van der Waals surface area contributed by atoms with E-state index in [1.807, 2.05) is 0 Å². The highest BCUT2D eigenvalue weighted by molar-refractivity contribution is 8.33. The van der Waals surface area contributed by atoms with E-state index in [1.54, 1.807) is 54.6 Å². The van der Waals surface area contributed by atoms with E-state index >= 15 is 0 Å². The van der Waals surface area contributed by atoms with Crippen LogP contribution in [0.5, 0.6) is 5.75 Å². The highest BCUT2D eigenvalue weighted by Crippen LogP contribution is 2.63. The third kappa shape index (κ3) is 2.99. The second-order valence-corrected chi connectivity index (χ2v) is 10.1. The van der Waals surface area contributed by atoms with Gasteiger partial charge in [-0.05, 0) is 49.2 Å². The third-order valence-corrected chi connectivity index (χ3v) is 9.35. The molecule has 0 unspecified atom stereocenters. The van der Waals surface area contributed by atoms with Crippen molar-refractivity contribution in [3.63, 3.8) is 0 Å². The molecule has 118 valence electrons. The molecule has 0 saturated carbocycles. The van der Waals surface area contributed by atoms with E-state index in [4.69, 9.17) is 3.63 Å². The summed E-state index contributed by atoms with van der Waals surface area (Å²) in [5.74, 6) is 1.65. The molecule has 1 fully saturated rings. The van der Waals surface area contributed by atoms with Gasteiger partial charge in [0.1, 0.15) is 5.75 Å². The molecule has 0 bridgehead atoms. The van der Waals surface area contributed by atoms with Gasteiger partial charge in [0.15, 0.2) is 0 Å². The molecule has 22 heavy (non-hydrogen) atoms. The first-order valence-corrected chi connectivity index (χ1v) is 10.4. The predicted octanol–water partition coefficient (Wildman–Crippen LogP) is 3.67. The van der Waals surface area contributed by atoms with Gasteiger partial charge in [-0.1, -0.05) is 28.5 Å². The summed E-state index contributed by atoms with van der Waals surface area (Å²) in [6.07, 6.45) is 1.92. The van der Waals surface area contributed by atoms with Gasteiger partial charge in [-0.3, -0.25) is 0 Å².